The van der Waals surface area contributed by atoms with Crippen LogP contribution in [-0.2, 0) is 25.7 Å². The van der Waals surface area contributed by atoms with Crippen molar-refractivity contribution in [1.82, 2.24) is 4.90 Å². The summed E-state index contributed by atoms with van der Waals surface area (Å²) < 4.78 is 82.3. The maximum absolute atomic E-state index is 13.7. The van der Waals surface area contributed by atoms with Crippen LogP contribution in [0.4, 0.5) is 24.5 Å². The molecule has 3 aromatic rings. The molecule has 250 valence electrons. The van der Waals surface area contributed by atoms with Crippen LogP contribution in [0.3, 0.4) is 0 Å². The van der Waals surface area contributed by atoms with Crippen LogP contribution in [0.1, 0.15) is 36.1 Å². The topological polar surface area (TPSA) is 89.1 Å². The molecule has 1 saturated carbocycles. The first-order chi connectivity index (χ1) is 22.0. The van der Waals surface area contributed by atoms with Gasteiger partial charge in [-0.3, -0.25) is 4.90 Å². The number of morpholine rings is 1. The normalized spacial score (nSPS) is 19.4. The molecule has 1 aromatic heterocycles. The van der Waals surface area contributed by atoms with Crippen LogP contribution in [0.2, 0.25) is 0 Å². The Morgan fingerprint density at radius 2 is 1.83 bits per heavy atom. The van der Waals surface area contributed by atoms with Crippen molar-refractivity contribution in [2.75, 3.05) is 70.1 Å². The molecule has 13 heteroatoms. The molecule has 1 aliphatic heterocycles. The lowest BCUT2D eigenvalue weighted by atomic mass is 9.89. The Bertz CT molecular complexity index is 1650. The van der Waals surface area contributed by atoms with Crippen LogP contribution >= 0.6 is 11.3 Å². The van der Waals surface area contributed by atoms with E-state index in [-0.39, 0.29) is 29.7 Å². The highest BCUT2D eigenvalue weighted by atomic mass is 32.2. The van der Waals surface area contributed by atoms with Gasteiger partial charge in [-0.05, 0) is 54.8 Å². The SMILES string of the molecule is COCCOc1cc(S(C)(=O)=O)ccc1NCC#Cc1sc2c(NC3CCC(N4CCOCC4)CC3)cccc2c1CC(F)(F)F. The number of halogens is 3. The van der Waals surface area contributed by atoms with Crippen LogP contribution in [0.15, 0.2) is 41.3 Å². The monoisotopic (exact) mass is 679 g/mol. The van der Waals surface area contributed by atoms with Crippen LogP contribution < -0.4 is 15.4 Å². The molecule has 46 heavy (non-hydrogen) atoms. The predicted octanol–water partition coefficient (Wildman–Crippen LogP) is 5.95. The van der Waals surface area contributed by atoms with Gasteiger partial charge in [-0.25, -0.2) is 8.42 Å². The molecule has 0 radical (unpaired) electrons. The van der Waals surface area contributed by atoms with E-state index in [2.05, 4.69) is 27.4 Å². The van der Waals surface area contributed by atoms with E-state index in [9.17, 15) is 21.6 Å². The minimum atomic E-state index is -4.39. The van der Waals surface area contributed by atoms with Gasteiger partial charge in [0.2, 0.25) is 0 Å². The number of fused-ring (bicyclic) bond motifs is 1. The summed E-state index contributed by atoms with van der Waals surface area (Å²) in [7, 11) is -1.93. The van der Waals surface area contributed by atoms with Gasteiger partial charge >= 0.3 is 6.18 Å². The third kappa shape index (κ3) is 9.07. The zero-order valence-corrected chi connectivity index (χ0v) is 27.7. The number of anilines is 2. The molecule has 0 atom stereocenters. The van der Waals surface area contributed by atoms with E-state index < -0.39 is 22.4 Å². The van der Waals surface area contributed by atoms with Crippen molar-refractivity contribution < 1.29 is 35.8 Å². The minimum Gasteiger partial charge on any atom is -0.489 e. The first-order valence-corrected chi connectivity index (χ1v) is 18.1. The summed E-state index contributed by atoms with van der Waals surface area (Å²) in [4.78, 5) is 3.00. The highest BCUT2D eigenvalue weighted by molar-refractivity contribution is 7.90. The van der Waals surface area contributed by atoms with Gasteiger partial charge in [0.1, 0.15) is 12.4 Å². The van der Waals surface area contributed by atoms with Crippen LogP contribution in [-0.4, -0.2) is 91.0 Å². The van der Waals surface area contributed by atoms with E-state index in [0.29, 0.717) is 34.3 Å². The van der Waals surface area contributed by atoms with E-state index in [1.54, 1.807) is 18.2 Å². The number of methoxy groups -OCH3 is 1. The van der Waals surface area contributed by atoms with Crippen molar-refractivity contribution in [3.8, 4) is 17.6 Å². The van der Waals surface area contributed by atoms with Gasteiger partial charge < -0.3 is 24.8 Å². The number of nitrogens with one attached hydrogen (secondary N) is 2. The molecule has 0 spiro atoms. The lowest BCUT2D eigenvalue weighted by Gasteiger charge is -2.39. The molecular formula is C33H40F3N3O5S2. The second-order valence-electron chi connectivity index (χ2n) is 11.6. The molecule has 2 aromatic carbocycles. The molecule has 0 bridgehead atoms. The number of benzene rings is 2. The molecule has 2 aliphatic rings. The first kappa shape index (κ1) is 34.3. The lowest BCUT2D eigenvalue weighted by molar-refractivity contribution is -0.126. The molecule has 0 unspecified atom stereocenters. The van der Waals surface area contributed by atoms with Crippen LogP contribution in [0, 0.1) is 11.8 Å². The standard InChI is InChI=1S/C33H40F3N3O5S2/c1-42-19-20-44-30-21-25(46(2,40)41)12-13-28(30)37-14-4-7-31-27(22-33(34,35)36)26-5-3-6-29(32(26)45-31)38-23-8-10-24(11-9-23)39-15-17-43-18-16-39/h3,5-6,12-13,21,23-24,37-38H,8-11,14-20,22H2,1-2H3. The van der Waals surface area contributed by atoms with Gasteiger partial charge in [-0.1, -0.05) is 24.0 Å². The summed E-state index contributed by atoms with van der Waals surface area (Å²) in [6.45, 7) is 4.12. The summed E-state index contributed by atoms with van der Waals surface area (Å²) in [5.74, 6) is 6.26. The van der Waals surface area contributed by atoms with Crippen molar-refractivity contribution in [2.24, 2.45) is 0 Å². The maximum Gasteiger partial charge on any atom is 0.393 e. The number of rotatable bonds is 11. The zero-order valence-electron chi connectivity index (χ0n) is 26.0. The Labute approximate surface area is 272 Å². The molecule has 1 aliphatic carbocycles. The van der Waals surface area contributed by atoms with E-state index in [1.165, 1.54) is 30.6 Å². The molecule has 8 nitrogen and oxygen atoms in total. The zero-order chi connectivity index (χ0) is 32.7. The highest BCUT2D eigenvalue weighted by Gasteiger charge is 2.32. The van der Waals surface area contributed by atoms with Crippen molar-refractivity contribution >= 4 is 42.6 Å². The Balaban J connectivity index is 1.32. The summed E-state index contributed by atoms with van der Waals surface area (Å²) in [5, 5.41) is 7.32. The minimum absolute atomic E-state index is 0.105. The molecular weight excluding hydrogens is 640 g/mol. The third-order valence-electron chi connectivity index (χ3n) is 8.31. The van der Waals surface area contributed by atoms with Gasteiger partial charge in [0, 0.05) is 44.6 Å². The number of sulfone groups is 1. The second-order valence-corrected chi connectivity index (χ2v) is 14.6. The van der Waals surface area contributed by atoms with Crippen LogP contribution in [0.5, 0.6) is 5.75 Å². The number of hydrogen-bond acceptors (Lipinski definition) is 9. The Morgan fingerprint density at radius 3 is 2.52 bits per heavy atom. The summed E-state index contributed by atoms with van der Waals surface area (Å²) in [5.41, 5.74) is 1.54. The number of thiophene rings is 1. The maximum atomic E-state index is 13.7. The fraction of sp³-hybridized carbons (Fsp3) is 0.515. The Hall–Kier alpha value is -3.02. The quantitative estimate of drug-likeness (QED) is 0.190. The average Bonchev–Trinajstić information content (AvgIpc) is 3.36. The molecule has 2 heterocycles. The molecule has 2 fully saturated rings. The van der Waals surface area contributed by atoms with Crippen LogP contribution in [0.25, 0.3) is 10.1 Å². The highest BCUT2D eigenvalue weighted by Crippen LogP contribution is 2.40. The van der Waals surface area contributed by atoms with Gasteiger partial charge in [-0.15, -0.1) is 11.3 Å². The van der Waals surface area contributed by atoms with Gasteiger partial charge in [0.25, 0.3) is 0 Å². The number of alkyl halides is 3. The van der Waals surface area contributed by atoms with Crippen molar-refractivity contribution in [1.29, 1.82) is 0 Å². The predicted molar refractivity (Wildman–Crippen MR) is 176 cm³/mol. The third-order valence-corrected chi connectivity index (χ3v) is 10.6. The molecule has 0 amide bonds. The fourth-order valence-electron chi connectivity index (χ4n) is 6.01. The number of nitrogens with zero attached hydrogens (tertiary/aromatic N) is 1. The largest absolute Gasteiger partial charge is 0.489 e. The first-order valence-electron chi connectivity index (χ1n) is 15.4. The smallest absolute Gasteiger partial charge is 0.393 e. The molecule has 2 N–H and O–H groups in total. The Kier molecular flexibility index (Phi) is 11.4. The fourth-order valence-corrected chi connectivity index (χ4v) is 7.81. The average molecular weight is 680 g/mol. The van der Waals surface area contributed by atoms with E-state index in [1.807, 2.05) is 6.07 Å². The van der Waals surface area contributed by atoms with Gasteiger partial charge in [-0.2, -0.15) is 13.2 Å². The summed E-state index contributed by atoms with van der Waals surface area (Å²) in [6.07, 6.45) is -0.182. The summed E-state index contributed by atoms with van der Waals surface area (Å²) >= 11 is 1.28. The Morgan fingerprint density at radius 1 is 1.07 bits per heavy atom. The molecule has 5 rings (SSSR count). The molecule has 1 saturated heterocycles. The van der Waals surface area contributed by atoms with Gasteiger partial charge in [0.05, 0.1) is 58.6 Å². The lowest BCUT2D eigenvalue weighted by Crippen LogP contribution is -2.46. The van der Waals surface area contributed by atoms with E-state index in [0.717, 1.165) is 68.6 Å². The van der Waals surface area contributed by atoms with Crippen molar-refractivity contribution in [2.45, 2.75) is 55.3 Å². The van der Waals surface area contributed by atoms with Crippen molar-refractivity contribution in [3.63, 3.8) is 0 Å². The summed E-state index contributed by atoms with van der Waals surface area (Å²) in [6, 6.07) is 10.8. The second kappa shape index (κ2) is 15.3. The van der Waals surface area contributed by atoms with Gasteiger partial charge in [0.15, 0.2) is 9.84 Å². The van der Waals surface area contributed by atoms with E-state index >= 15 is 0 Å². The number of ether oxygens (including phenoxy) is 3. The van der Waals surface area contributed by atoms with E-state index in [4.69, 9.17) is 14.2 Å². The number of hydrogen-bond donors (Lipinski definition) is 2. The van der Waals surface area contributed by atoms with Crippen molar-refractivity contribution in [3.05, 3.63) is 46.8 Å².